The molecule has 0 aromatic heterocycles. The number of rotatable bonds is 4. The summed E-state index contributed by atoms with van der Waals surface area (Å²) in [5, 5.41) is 6.92. The first kappa shape index (κ1) is 13.0. The van der Waals surface area contributed by atoms with Crippen molar-refractivity contribution >= 4 is 22.8 Å². The number of amidine groups is 1. The van der Waals surface area contributed by atoms with Crippen molar-refractivity contribution in [1.82, 2.24) is 10.6 Å². The Morgan fingerprint density at radius 3 is 3.00 bits per heavy atom. The molecule has 2 rings (SSSR count). The van der Waals surface area contributed by atoms with E-state index in [1.165, 1.54) is 5.56 Å². The van der Waals surface area contributed by atoms with Crippen molar-refractivity contribution in [2.24, 2.45) is 4.99 Å². The Morgan fingerprint density at radius 1 is 1.50 bits per heavy atom. The first-order valence-corrected chi connectivity index (χ1v) is 7.03. The zero-order chi connectivity index (χ0) is 12.8. The van der Waals surface area contributed by atoms with Gasteiger partial charge in [-0.25, -0.2) is 0 Å². The first-order chi connectivity index (χ1) is 8.79. The molecule has 1 unspecified atom stereocenters. The van der Waals surface area contributed by atoms with Crippen LogP contribution in [0.25, 0.3) is 0 Å². The van der Waals surface area contributed by atoms with Gasteiger partial charge >= 0.3 is 0 Å². The summed E-state index contributed by atoms with van der Waals surface area (Å²) in [5.41, 5.74) is 1.26. The Morgan fingerprint density at radius 2 is 2.28 bits per heavy atom. The van der Waals surface area contributed by atoms with Crippen molar-refractivity contribution in [3.63, 3.8) is 0 Å². The fraction of sp³-hybridized carbons (Fsp3) is 0.385. The second-order valence-electron chi connectivity index (χ2n) is 3.99. The lowest BCUT2D eigenvalue weighted by Crippen LogP contribution is -2.26. The summed E-state index contributed by atoms with van der Waals surface area (Å²) in [6.45, 7) is 2.75. The lowest BCUT2D eigenvalue weighted by Gasteiger charge is -2.09. The molecule has 1 aromatic rings. The van der Waals surface area contributed by atoms with E-state index in [1.807, 2.05) is 25.1 Å². The molecule has 4 nitrogen and oxygen atoms in total. The number of likely N-dealkylation sites (N-methyl/N-ethyl adjacent to an activating group) is 1. The second kappa shape index (κ2) is 6.44. The third-order valence-corrected chi connectivity index (χ3v) is 3.65. The Balaban J connectivity index is 1.88. The van der Waals surface area contributed by atoms with Gasteiger partial charge in [0.05, 0.1) is 6.04 Å². The predicted molar refractivity (Wildman–Crippen MR) is 75.8 cm³/mol. The van der Waals surface area contributed by atoms with Gasteiger partial charge in [-0.05, 0) is 12.5 Å². The highest BCUT2D eigenvalue weighted by molar-refractivity contribution is 8.14. The Hall–Kier alpha value is -1.49. The number of thioether (sulfide) groups is 1. The highest BCUT2D eigenvalue weighted by Crippen LogP contribution is 2.25. The van der Waals surface area contributed by atoms with Crippen molar-refractivity contribution in [3.05, 3.63) is 35.9 Å². The van der Waals surface area contributed by atoms with Gasteiger partial charge in [0.2, 0.25) is 5.91 Å². The van der Waals surface area contributed by atoms with Crippen LogP contribution in [-0.2, 0) is 4.79 Å². The van der Waals surface area contributed by atoms with Crippen LogP contribution >= 0.6 is 11.8 Å². The van der Waals surface area contributed by atoms with E-state index in [0.29, 0.717) is 12.6 Å². The van der Waals surface area contributed by atoms with Crippen LogP contribution in [0, 0.1) is 0 Å². The Labute approximate surface area is 111 Å². The molecule has 0 saturated carbocycles. The minimum atomic E-state index is -0.0319. The van der Waals surface area contributed by atoms with Crippen LogP contribution in [0.2, 0.25) is 0 Å². The molecule has 1 saturated heterocycles. The lowest BCUT2D eigenvalue weighted by atomic mass is 10.1. The summed E-state index contributed by atoms with van der Waals surface area (Å²) in [6, 6.07) is 10.6. The van der Waals surface area contributed by atoms with Crippen LogP contribution < -0.4 is 10.6 Å². The summed E-state index contributed by atoms with van der Waals surface area (Å²) >= 11 is 1.66. The zero-order valence-electron chi connectivity index (χ0n) is 10.3. The Bertz CT molecular complexity index is 433. The van der Waals surface area contributed by atoms with Crippen molar-refractivity contribution in [2.45, 2.75) is 13.0 Å². The monoisotopic (exact) mass is 263 g/mol. The largest absolute Gasteiger partial charge is 0.357 e. The molecule has 1 atom stereocenters. The fourth-order valence-corrected chi connectivity index (χ4v) is 2.73. The first-order valence-electron chi connectivity index (χ1n) is 6.05. The maximum absolute atomic E-state index is 11.3. The maximum atomic E-state index is 11.3. The molecule has 1 aliphatic rings. The number of aliphatic imine (C=N–C) groups is 1. The van der Waals surface area contributed by atoms with Crippen LogP contribution in [0.5, 0.6) is 0 Å². The average Bonchev–Trinajstić information content (AvgIpc) is 2.87. The molecular formula is C13H17N3OS. The molecule has 0 radical (unpaired) electrons. The van der Waals surface area contributed by atoms with Gasteiger partial charge < -0.3 is 10.6 Å². The van der Waals surface area contributed by atoms with Crippen molar-refractivity contribution < 1.29 is 4.79 Å². The van der Waals surface area contributed by atoms with Crippen LogP contribution in [0.4, 0.5) is 0 Å². The van der Waals surface area contributed by atoms with E-state index in [4.69, 9.17) is 0 Å². The van der Waals surface area contributed by atoms with Crippen molar-refractivity contribution in [3.8, 4) is 0 Å². The minimum Gasteiger partial charge on any atom is -0.357 e. The number of amides is 1. The molecule has 18 heavy (non-hydrogen) atoms. The molecule has 1 amide bonds. The van der Waals surface area contributed by atoms with E-state index >= 15 is 0 Å². The average molecular weight is 263 g/mol. The molecule has 0 spiro atoms. The third-order valence-electron chi connectivity index (χ3n) is 2.63. The lowest BCUT2D eigenvalue weighted by molar-refractivity contribution is -0.119. The fourth-order valence-electron chi connectivity index (χ4n) is 1.75. The van der Waals surface area contributed by atoms with Gasteiger partial charge in [-0.2, -0.15) is 0 Å². The number of nitrogens with zero attached hydrogens (tertiary/aromatic N) is 1. The minimum absolute atomic E-state index is 0.0319. The van der Waals surface area contributed by atoms with Crippen molar-refractivity contribution in [2.75, 3.05) is 18.8 Å². The summed E-state index contributed by atoms with van der Waals surface area (Å²) < 4.78 is 0. The molecule has 1 aromatic carbocycles. The van der Waals surface area contributed by atoms with Crippen LogP contribution in [0.15, 0.2) is 35.3 Å². The smallest absolute Gasteiger partial charge is 0.241 e. The summed E-state index contributed by atoms with van der Waals surface area (Å²) in [7, 11) is 0. The van der Waals surface area contributed by atoms with Gasteiger partial charge in [0.15, 0.2) is 5.17 Å². The van der Waals surface area contributed by atoms with E-state index in [0.717, 1.165) is 10.9 Å². The molecule has 96 valence electrons. The number of nitrogens with one attached hydrogen (secondary N) is 2. The second-order valence-corrected chi connectivity index (χ2v) is 5.00. The molecule has 1 fully saturated rings. The number of benzene rings is 1. The molecule has 0 aliphatic carbocycles. The summed E-state index contributed by atoms with van der Waals surface area (Å²) in [4.78, 5) is 15.6. The molecule has 5 heteroatoms. The van der Waals surface area contributed by atoms with Gasteiger partial charge in [0.1, 0.15) is 6.54 Å². The SMILES string of the molecule is CCNC(=O)CN=C1NC(c2ccccc2)CS1. The molecule has 2 N–H and O–H groups in total. The molecular weight excluding hydrogens is 246 g/mol. The summed E-state index contributed by atoms with van der Waals surface area (Å²) in [6.07, 6.45) is 0. The van der Waals surface area contributed by atoms with E-state index in [2.05, 4.69) is 27.8 Å². The van der Waals surface area contributed by atoms with Crippen molar-refractivity contribution in [1.29, 1.82) is 0 Å². The number of hydrogen-bond acceptors (Lipinski definition) is 3. The number of carbonyl (C=O) groups is 1. The van der Waals surface area contributed by atoms with Gasteiger partial charge in [0, 0.05) is 12.3 Å². The summed E-state index contributed by atoms with van der Waals surface area (Å²) in [5.74, 6) is 0.925. The number of carbonyl (C=O) groups excluding carboxylic acids is 1. The van der Waals surface area contributed by atoms with Crippen LogP contribution in [-0.4, -0.2) is 29.9 Å². The van der Waals surface area contributed by atoms with E-state index < -0.39 is 0 Å². The molecule has 0 bridgehead atoms. The van der Waals surface area contributed by atoms with Gasteiger partial charge in [-0.3, -0.25) is 9.79 Å². The zero-order valence-corrected chi connectivity index (χ0v) is 11.2. The number of hydrogen-bond donors (Lipinski definition) is 2. The van der Waals surface area contributed by atoms with E-state index in [1.54, 1.807) is 11.8 Å². The van der Waals surface area contributed by atoms with E-state index in [-0.39, 0.29) is 12.5 Å². The molecule has 1 aliphatic heterocycles. The Kier molecular flexibility index (Phi) is 4.64. The maximum Gasteiger partial charge on any atom is 0.241 e. The standard InChI is InChI=1S/C13H17N3OS/c1-2-14-12(17)8-15-13-16-11(9-18-13)10-6-4-3-5-7-10/h3-7,11H,2,8-9H2,1H3,(H,14,17)(H,15,16). The van der Waals surface area contributed by atoms with Gasteiger partial charge in [0.25, 0.3) is 0 Å². The quantitative estimate of drug-likeness (QED) is 0.866. The molecule has 1 heterocycles. The van der Waals surface area contributed by atoms with Crippen LogP contribution in [0.1, 0.15) is 18.5 Å². The normalized spacial score (nSPS) is 20.7. The third kappa shape index (κ3) is 3.50. The van der Waals surface area contributed by atoms with Crippen LogP contribution in [0.3, 0.4) is 0 Å². The van der Waals surface area contributed by atoms with Gasteiger partial charge in [-0.1, -0.05) is 42.1 Å². The highest BCUT2D eigenvalue weighted by atomic mass is 32.2. The highest BCUT2D eigenvalue weighted by Gasteiger charge is 2.21. The van der Waals surface area contributed by atoms with Gasteiger partial charge in [-0.15, -0.1) is 0 Å². The topological polar surface area (TPSA) is 53.5 Å². The van der Waals surface area contributed by atoms with E-state index in [9.17, 15) is 4.79 Å². The predicted octanol–water partition coefficient (Wildman–Crippen LogP) is 1.56.